The number of aromatic nitrogens is 2. The molecule has 0 spiro atoms. The molecule has 1 N–H and O–H groups in total. The molecule has 17 heavy (non-hydrogen) atoms. The maximum Gasteiger partial charge on any atom is 0.313 e. The fourth-order valence-electron chi connectivity index (χ4n) is 1.41. The molecule has 0 aliphatic rings. The highest BCUT2D eigenvalue weighted by atomic mass is 32.2. The molecule has 4 nitrogen and oxygen atoms in total. The Hall–Kier alpha value is -0.970. The molecule has 0 bridgehead atoms. The summed E-state index contributed by atoms with van der Waals surface area (Å²) in [6.07, 6.45) is 0.986. The van der Waals surface area contributed by atoms with Gasteiger partial charge in [0.15, 0.2) is 0 Å². The van der Waals surface area contributed by atoms with Crippen LogP contribution in [0.4, 0.5) is 0 Å². The highest BCUT2D eigenvalue weighted by Crippen LogP contribution is 2.26. The molecule has 1 unspecified atom stereocenters. The molecule has 0 fully saturated rings. The zero-order valence-corrected chi connectivity index (χ0v) is 11.6. The lowest BCUT2D eigenvalue weighted by atomic mass is 10.1. The molecule has 1 aromatic heterocycles. The Kier molecular flexibility index (Phi) is 5.05. The third-order valence-corrected chi connectivity index (χ3v) is 3.66. The number of carboxylic acid groups (broad SMARTS) is 1. The topological polar surface area (TPSA) is 55.1 Å². The van der Waals surface area contributed by atoms with Gasteiger partial charge in [-0.05, 0) is 25.3 Å². The van der Waals surface area contributed by atoms with Gasteiger partial charge < -0.3 is 5.11 Å². The van der Waals surface area contributed by atoms with Gasteiger partial charge in [0.05, 0.1) is 22.5 Å². The van der Waals surface area contributed by atoms with Gasteiger partial charge in [-0.3, -0.25) is 9.48 Å². The van der Waals surface area contributed by atoms with Crippen LogP contribution in [-0.2, 0) is 4.79 Å². The van der Waals surface area contributed by atoms with Gasteiger partial charge in [0, 0.05) is 0 Å². The molecule has 96 valence electrons. The molecule has 0 radical (unpaired) electrons. The Morgan fingerprint density at radius 2 is 2.18 bits per heavy atom. The van der Waals surface area contributed by atoms with Crippen LogP contribution in [0, 0.1) is 0 Å². The molecular weight excluding hydrogens is 236 g/mol. The molecule has 1 aromatic rings. The SMILES string of the molecule is CCC(C)n1nc(C(C)C)cc1SCC(=O)O. The zero-order valence-electron chi connectivity index (χ0n) is 10.8. The van der Waals surface area contributed by atoms with Crippen LogP contribution in [0.3, 0.4) is 0 Å². The average molecular weight is 256 g/mol. The van der Waals surface area contributed by atoms with E-state index in [1.165, 1.54) is 11.8 Å². The van der Waals surface area contributed by atoms with E-state index in [1.54, 1.807) is 0 Å². The Bertz CT molecular complexity index is 388. The lowest BCUT2D eigenvalue weighted by Crippen LogP contribution is -2.09. The summed E-state index contributed by atoms with van der Waals surface area (Å²) in [5.74, 6) is -0.345. The van der Waals surface area contributed by atoms with Crippen LogP contribution in [0.25, 0.3) is 0 Å². The van der Waals surface area contributed by atoms with E-state index >= 15 is 0 Å². The largest absolute Gasteiger partial charge is 0.481 e. The number of rotatable bonds is 6. The van der Waals surface area contributed by atoms with Gasteiger partial charge in [0.2, 0.25) is 0 Å². The lowest BCUT2D eigenvalue weighted by molar-refractivity contribution is -0.133. The number of thioether (sulfide) groups is 1. The third-order valence-electron chi connectivity index (χ3n) is 2.66. The van der Waals surface area contributed by atoms with Crippen LogP contribution >= 0.6 is 11.8 Å². The number of aliphatic carboxylic acids is 1. The summed E-state index contributed by atoms with van der Waals surface area (Å²) in [7, 11) is 0. The minimum absolute atomic E-state index is 0.0830. The van der Waals surface area contributed by atoms with E-state index in [9.17, 15) is 4.79 Å². The zero-order chi connectivity index (χ0) is 13.0. The van der Waals surface area contributed by atoms with Gasteiger partial charge in [0.1, 0.15) is 0 Å². The van der Waals surface area contributed by atoms with Crippen molar-refractivity contribution in [2.24, 2.45) is 0 Å². The standard InChI is InChI=1S/C12H20N2O2S/c1-5-9(4)14-11(17-7-12(15)16)6-10(13-14)8(2)3/h6,8-9H,5,7H2,1-4H3,(H,15,16). The number of hydrogen-bond donors (Lipinski definition) is 1. The van der Waals surface area contributed by atoms with Gasteiger partial charge in [-0.25, -0.2) is 0 Å². The van der Waals surface area contributed by atoms with Gasteiger partial charge in [-0.1, -0.05) is 32.5 Å². The second kappa shape index (κ2) is 6.10. The Labute approximate surface area is 106 Å². The predicted octanol–water partition coefficient (Wildman–Crippen LogP) is 3.15. The molecule has 1 rings (SSSR count). The quantitative estimate of drug-likeness (QED) is 0.794. The number of hydrogen-bond acceptors (Lipinski definition) is 3. The van der Waals surface area contributed by atoms with Crippen molar-refractivity contribution in [2.75, 3.05) is 5.75 Å². The van der Waals surface area contributed by atoms with Crippen molar-refractivity contribution in [3.63, 3.8) is 0 Å². The minimum atomic E-state index is -0.794. The highest BCUT2D eigenvalue weighted by molar-refractivity contribution is 7.99. The number of nitrogens with zero attached hydrogens (tertiary/aromatic N) is 2. The summed E-state index contributed by atoms with van der Waals surface area (Å²) in [5.41, 5.74) is 1.03. The third kappa shape index (κ3) is 3.77. The molecule has 0 aliphatic heterocycles. The summed E-state index contributed by atoms with van der Waals surface area (Å²) in [6, 6.07) is 2.31. The molecule has 0 saturated carbocycles. The number of carbonyl (C=O) groups is 1. The molecule has 0 amide bonds. The van der Waals surface area contributed by atoms with Gasteiger partial charge in [0.25, 0.3) is 0 Å². The van der Waals surface area contributed by atoms with Crippen molar-refractivity contribution >= 4 is 17.7 Å². The summed E-state index contributed by atoms with van der Waals surface area (Å²) in [6.45, 7) is 8.39. The van der Waals surface area contributed by atoms with Crippen molar-refractivity contribution < 1.29 is 9.90 Å². The van der Waals surface area contributed by atoms with Crippen LogP contribution in [-0.4, -0.2) is 26.6 Å². The molecule has 0 aliphatic carbocycles. The summed E-state index contributed by atoms with van der Waals surface area (Å²) in [4.78, 5) is 10.6. The maximum atomic E-state index is 10.6. The average Bonchev–Trinajstić information content (AvgIpc) is 2.69. The van der Waals surface area contributed by atoms with Crippen LogP contribution < -0.4 is 0 Å². The second-order valence-electron chi connectivity index (χ2n) is 4.45. The second-order valence-corrected chi connectivity index (χ2v) is 5.44. The maximum absolute atomic E-state index is 10.6. The highest BCUT2D eigenvalue weighted by Gasteiger charge is 2.15. The summed E-state index contributed by atoms with van der Waals surface area (Å²) in [5, 5.41) is 14.2. The number of carboxylic acids is 1. The van der Waals surface area contributed by atoms with Gasteiger partial charge in [-0.15, -0.1) is 0 Å². The predicted molar refractivity (Wildman–Crippen MR) is 69.7 cm³/mol. The van der Waals surface area contributed by atoms with Crippen LogP contribution in [0.2, 0.25) is 0 Å². The first-order chi connectivity index (χ1) is 7.95. The first kappa shape index (κ1) is 14.1. The minimum Gasteiger partial charge on any atom is -0.481 e. The summed E-state index contributed by atoms with van der Waals surface area (Å²) >= 11 is 1.34. The van der Waals surface area contributed by atoms with Gasteiger partial charge in [-0.2, -0.15) is 5.10 Å². The van der Waals surface area contributed by atoms with E-state index < -0.39 is 5.97 Å². The molecular formula is C12H20N2O2S. The molecule has 1 heterocycles. The van der Waals surface area contributed by atoms with E-state index in [0.29, 0.717) is 12.0 Å². The molecule has 1 atom stereocenters. The van der Waals surface area contributed by atoms with Crippen LogP contribution in [0.5, 0.6) is 0 Å². The van der Waals surface area contributed by atoms with Crippen molar-refractivity contribution in [1.29, 1.82) is 0 Å². The Balaban J connectivity index is 2.94. The van der Waals surface area contributed by atoms with Crippen molar-refractivity contribution in [2.45, 2.75) is 51.1 Å². The van der Waals surface area contributed by atoms with E-state index in [2.05, 4.69) is 32.8 Å². The smallest absolute Gasteiger partial charge is 0.313 e. The molecule has 5 heteroatoms. The van der Waals surface area contributed by atoms with Crippen LogP contribution in [0.15, 0.2) is 11.1 Å². The normalized spacial score (nSPS) is 13.0. The fraction of sp³-hybridized carbons (Fsp3) is 0.667. The van der Waals surface area contributed by atoms with Crippen molar-refractivity contribution in [3.8, 4) is 0 Å². The van der Waals surface area contributed by atoms with E-state index in [0.717, 1.165) is 17.1 Å². The van der Waals surface area contributed by atoms with Crippen molar-refractivity contribution in [3.05, 3.63) is 11.8 Å². The van der Waals surface area contributed by atoms with E-state index in [-0.39, 0.29) is 5.75 Å². The van der Waals surface area contributed by atoms with E-state index in [4.69, 9.17) is 5.11 Å². The van der Waals surface area contributed by atoms with Crippen molar-refractivity contribution in [1.82, 2.24) is 9.78 Å². The Morgan fingerprint density at radius 1 is 1.53 bits per heavy atom. The fourth-order valence-corrected chi connectivity index (χ4v) is 2.24. The van der Waals surface area contributed by atoms with Crippen LogP contribution in [0.1, 0.15) is 51.8 Å². The lowest BCUT2D eigenvalue weighted by Gasteiger charge is -2.12. The monoisotopic (exact) mass is 256 g/mol. The first-order valence-electron chi connectivity index (χ1n) is 5.89. The first-order valence-corrected chi connectivity index (χ1v) is 6.88. The Morgan fingerprint density at radius 3 is 2.65 bits per heavy atom. The van der Waals surface area contributed by atoms with Gasteiger partial charge >= 0.3 is 5.97 Å². The molecule has 0 aromatic carbocycles. The van der Waals surface area contributed by atoms with E-state index in [1.807, 2.05) is 10.7 Å². The summed E-state index contributed by atoms with van der Waals surface area (Å²) < 4.78 is 1.95. The molecule has 0 saturated heterocycles.